The van der Waals surface area contributed by atoms with Crippen LogP contribution in [0.3, 0.4) is 0 Å². The van der Waals surface area contributed by atoms with Crippen LogP contribution < -0.4 is 11.1 Å². The van der Waals surface area contributed by atoms with Crippen LogP contribution in [-0.2, 0) is 10.3 Å². The highest BCUT2D eigenvalue weighted by atomic mass is 35.5. The number of piperidine rings is 1. The van der Waals surface area contributed by atoms with Crippen LogP contribution in [0, 0.1) is 11.8 Å². The number of aliphatic hydroxyl groups is 1. The first-order chi connectivity index (χ1) is 16.5. The number of nitrogens with two attached hydrogens (primary N) is 1. The molecule has 0 bridgehead atoms. The van der Waals surface area contributed by atoms with Gasteiger partial charge < -0.3 is 25.8 Å². The Hall–Kier alpha value is -1.34. The van der Waals surface area contributed by atoms with Crippen molar-refractivity contribution >= 4 is 17.6 Å². The third-order valence-electron chi connectivity index (χ3n) is 7.82. The summed E-state index contributed by atoms with van der Waals surface area (Å²) in [6.07, 6.45) is 11.4. The zero-order valence-corrected chi connectivity index (χ0v) is 21.6. The summed E-state index contributed by atoms with van der Waals surface area (Å²) in [5, 5.41) is 15.8. The average Bonchev–Trinajstić information content (AvgIpc) is 2.86. The van der Waals surface area contributed by atoms with E-state index in [-0.39, 0.29) is 18.0 Å². The SMILES string of the molecule is COCCCC[C@@](O)(c1cccc(Cl)c1)[C@@H]1CCCN(C(=O)N[C@H](CN)CC2CCCCC2)C1. The summed E-state index contributed by atoms with van der Waals surface area (Å²) >= 11 is 6.29. The highest BCUT2D eigenvalue weighted by molar-refractivity contribution is 6.30. The van der Waals surface area contributed by atoms with Crippen LogP contribution in [0.1, 0.15) is 76.2 Å². The Bertz CT molecular complexity index is 758. The molecule has 0 unspecified atom stereocenters. The molecule has 1 aromatic carbocycles. The lowest BCUT2D eigenvalue weighted by molar-refractivity contribution is -0.0563. The van der Waals surface area contributed by atoms with Gasteiger partial charge in [0, 0.05) is 50.3 Å². The predicted molar refractivity (Wildman–Crippen MR) is 138 cm³/mol. The van der Waals surface area contributed by atoms with Crippen molar-refractivity contribution in [3.05, 3.63) is 34.9 Å². The third kappa shape index (κ3) is 7.58. The second kappa shape index (κ2) is 13.7. The second-order valence-corrected chi connectivity index (χ2v) is 10.7. The van der Waals surface area contributed by atoms with Crippen LogP contribution in [0.15, 0.2) is 24.3 Å². The van der Waals surface area contributed by atoms with Crippen molar-refractivity contribution in [3.8, 4) is 0 Å². The van der Waals surface area contributed by atoms with Gasteiger partial charge in [0.1, 0.15) is 0 Å². The fraction of sp³-hybridized carbons (Fsp3) is 0.741. The average molecular weight is 494 g/mol. The number of amides is 2. The van der Waals surface area contributed by atoms with Crippen molar-refractivity contribution in [3.63, 3.8) is 0 Å². The first-order valence-corrected chi connectivity index (χ1v) is 13.6. The van der Waals surface area contributed by atoms with Gasteiger partial charge in [-0.15, -0.1) is 0 Å². The number of hydrogen-bond donors (Lipinski definition) is 3. The Balaban J connectivity index is 1.66. The van der Waals surface area contributed by atoms with Crippen LogP contribution >= 0.6 is 11.6 Å². The third-order valence-corrected chi connectivity index (χ3v) is 8.05. The molecule has 2 aliphatic rings. The predicted octanol–water partition coefficient (Wildman–Crippen LogP) is 5.06. The van der Waals surface area contributed by atoms with E-state index in [0.29, 0.717) is 43.6 Å². The molecule has 192 valence electrons. The largest absolute Gasteiger partial charge is 0.385 e. The number of rotatable bonds is 11. The van der Waals surface area contributed by atoms with Crippen molar-refractivity contribution in [2.45, 2.75) is 82.3 Å². The van der Waals surface area contributed by atoms with Crippen LogP contribution in [0.25, 0.3) is 0 Å². The summed E-state index contributed by atoms with van der Waals surface area (Å²) in [5.41, 5.74) is 5.84. The Morgan fingerprint density at radius 3 is 2.76 bits per heavy atom. The molecule has 3 rings (SSSR count). The summed E-state index contributed by atoms with van der Waals surface area (Å²) in [6, 6.07) is 7.50. The van der Waals surface area contributed by atoms with E-state index in [1.54, 1.807) is 7.11 Å². The van der Waals surface area contributed by atoms with E-state index in [0.717, 1.165) is 37.7 Å². The molecule has 2 fully saturated rings. The number of carbonyl (C=O) groups is 1. The molecule has 1 aliphatic heterocycles. The van der Waals surface area contributed by atoms with Gasteiger partial charge in [-0.3, -0.25) is 0 Å². The molecule has 3 atom stereocenters. The molecule has 6 nitrogen and oxygen atoms in total. The standard InChI is InChI=1S/C27H44ClN3O3/c1-34-16-6-5-14-27(33,22-11-7-13-24(28)18-22)23-12-8-15-31(20-23)26(32)30-25(19-29)17-21-9-3-2-4-10-21/h7,11,13,18,21,23,25,33H,2-6,8-10,12,14-17,19-20,29H2,1H3,(H,30,32)/t23-,25+,27-/m1/s1. The van der Waals surface area contributed by atoms with E-state index in [2.05, 4.69) is 5.32 Å². The lowest BCUT2D eigenvalue weighted by atomic mass is 9.74. The molecule has 0 spiro atoms. The monoisotopic (exact) mass is 493 g/mol. The van der Waals surface area contributed by atoms with E-state index in [9.17, 15) is 9.90 Å². The molecule has 0 aromatic heterocycles. The van der Waals surface area contributed by atoms with Gasteiger partial charge in [-0.05, 0) is 62.1 Å². The van der Waals surface area contributed by atoms with E-state index in [1.165, 1.54) is 32.1 Å². The first kappa shape index (κ1) is 27.3. The number of urea groups is 1. The fourth-order valence-corrected chi connectivity index (χ4v) is 6.03. The number of nitrogens with one attached hydrogen (secondary N) is 1. The van der Waals surface area contributed by atoms with Gasteiger partial charge in [-0.25, -0.2) is 4.79 Å². The summed E-state index contributed by atoms with van der Waals surface area (Å²) in [6.45, 7) is 2.37. The molecule has 1 saturated heterocycles. The number of unbranched alkanes of at least 4 members (excludes halogenated alkanes) is 1. The number of likely N-dealkylation sites (tertiary alicyclic amines) is 1. The molecular formula is C27H44ClN3O3. The number of hydrogen-bond acceptors (Lipinski definition) is 4. The van der Waals surface area contributed by atoms with Gasteiger partial charge in [-0.2, -0.15) is 0 Å². The number of halogens is 1. The Kier molecular flexibility index (Phi) is 11.0. The number of methoxy groups -OCH3 is 1. The maximum absolute atomic E-state index is 13.2. The van der Waals surface area contributed by atoms with Gasteiger partial charge in [-0.1, -0.05) is 55.8 Å². The van der Waals surface area contributed by atoms with Gasteiger partial charge >= 0.3 is 6.03 Å². The normalized spacial score (nSPS) is 22.2. The summed E-state index contributed by atoms with van der Waals surface area (Å²) in [7, 11) is 1.70. The zero-order chi connectivity index (χ0) is 24.4. The second-order valence-electron chi connectivity index (χ2n) is 10.3. The maximum atomic E-state index is 13.2. The minimum Gasteiger partial charge on any atom is -0.385 e. The number of benzene rings is 1. The van der Waals surface area contributed by atoms with Crippen molar-refractivity contribution < 1.29 is 14.6 Å². The fourth-order valence-electron chi connectivity index (χ4n) is 5.84. The lowest BCUT2D eigenvalue weighted by Gasteiger charge is -2.43. The van der Waals surface area contributed by atoms with Gasteiger partial charge in [0.05, 0.1) is 5.60 Å². The highest BCUT2D eigenvalue weighted by Gasteiger charge is 2.41. The van der Waals surface area contributed by atoms with Crippen LogP contribution in [0.4, 0.5) is 4.79 Å². The van der Waals surface area contributed by atoms with Crippen LogP contribution in [-0.4, -0.2) is 55.4 Å². The number of ether oxygens (including phenoxy) is 1. The van der Waals surface area contributed by atoms with Gasteiger partial charge in [0.15, 0.2) is 0 Å². The Morgan fingerprint density at radius 1 is 1.26 bits per heavy atom. The zero-order valence-electron chi connectivity index (χ0n) is 20.8. The molecule has 1 aromatic rings. The van der Waals surface area contributed by atoms with E-state index >= 15 is 0 Å². The molecule has 1 heterocycles. The molecule has 2 amide bonds. The van der Waals surface area contributed by atoms with Crippen molar-refractivity contribution in [1.82, 2.24) is 10.2 Å². The molecule has 4 N–H and O–H groups in total. The van der Waals surface area contributed by atoms with Crippen LogP contribution in [0.2, 0.25) is 5.02 Å². The smallest absolute Gasteiger partial charge is 0.317 e. The van der Waals surface area contributed by atoms with Crippen LogP contribution in [0.5, 0.6) is 0 Å². The number of nitrogens with zero attached hydrogens (tertiary/aromatic N) is 1. The molecular weight excluding hydrogens is 450 g/mol. The van der Waals surface area contributed by atoms with E-state index in [4.69, 9.17) is 22.1 Å². The highest BCUT2D eigenvalue weighted by Crippen LogP contribution is 2.40. The summed E-state index contributed by atoms with van der Waals surface area (Å²) < 4.78 is 5.20. The summed E-state index contributed by atoms with van der Waals surface area (Å²) in [4.78, 5) is 15.1. The van der Waals surface area contributed by atoms with Gasteiger partial charge in [0.25, 0.3) is 0 Å². The van der Waals surface area contributed by atoms with Crippen molar-refractivity contribution in [2.24, 2.45) is 17.6 Å². The van der Waals surface area contributed by atoms with E-state index < -0.39 is 5.60 Å². The summed E-state index contributed by atoms with van der Waals surface area (Å²) in [5.74, 6) is 0.611. The molecule has 34 heavy (non-hydrogen) atoms. The molecule has 7 heteroatoms. The van der Waals surface area contributed by atoms with Gasteiger partial charge in [0.2, 0.25) is 0 Å². The minimum atomic E-state index is -1.03. The lowest BCUT2D eigenvalue weighted by Crippen LogP contribution is -2.53. The molecule has 0 radical (unpaired) electrons. The Labute approximate surface area is 210 Å². The van der Waals surface area contributed by atoms with Crippen molar-refractivity contribution in [2.75, 3.05) is 33.4 Å². The topological polar surface area (TPSA) is 87.8 Å². The number of carbonyl (C=O) groups excluding carboxylic acids is 1. The van der Waals surface area contributed by atoms with E-state index in [1.807, 2.05) is 29.2 Å². The first-order valence-electron chi connectivity index (χ1n) is 13.2. The quantitative estimate of drug-likeness (QED) is 0.376. The Morgan fingerprint density at radius 2 is 2.06 bits per heavy atom. The maximum Gasteiger partial charge on any atom is 0.317 e. The molecule has 1 aliphatic carbocycles. The van der Waals surface area contributed by atoms with Crippen molar-refractivity contribution in [1.29, 1.82) is 0 Å². The minimum absolute atomic E-state index is 0.0110. The molecule has 1 saturated carbocycles.